The van der Waals surface area contributed by atoms with E-state index in [0.29, 0.717) is 6.42 Å². The van der Waals surface area contributed by atoms with Gasteiger partial charge in [0.05, 0.1) is 5.75 Å². The third-order valence-corrected chi connectivity index (χ3v) is 4.40. The first-order valence-corrected chi connectivity index (χ1v) is 8.28. The lowest BCUT2D eigenvalue weighted by molar-refractivity contribution is 0.255. The van der Waals surface area contributed by atoms with Gasteiger partial charge >= 0.3 is 0 Å². The number of benzene rings is 1. The van der Waals surface area contributed by atoms with Crippen molar-refractivity contribution in [3.8, 4) is 0 Å². The second-order valence-electron chi connectivity index (χ2n) is 4.99. The van der Waals surface area contributed by atoms with E-state index in [0.717, 1.165) is 31.7 Å². The highest BCUT2D eigenvalue weighted by molar-refractivity contribution is 7.90. The van der Waals surface area contributed by atoms with Crippen molar-refractivity contribution in [3.05, 3.63) is 29.3 Å². The van der Waals surface area contributed by atoms with E-state index in [1.54, 1.807) is 0 Å². The van der Waals surface area contributed by atoms with E-state index in [2.05, 4.69) is 11.0 Å². The zero-order valence-corrected chi connectivity index (χ0v) is 11.5. The molecule has 1 aliphatic rings. The van der Waals surface area contributed by atoms with E-state index >= 15 is 0 Å². The van der Waals surface area contributed by atoms with Crippen LogP contribution >= 0.6 is 0 Å². The van der Waals surface area contributed by atoms with Crippen LogP contribution in [0.5, 0.6) is 0 Å². The van der Waals surface area contributed by atoms with Gasteiger partial charge in [-0.05, 0) is 36.6 Å². The van der Waals surface area contributed by atoms with Gasteiger partial charge in [-0.25, -0.2) is 8.42 Å². The van der Waals surface area contributed by atoms with Crippen molar-refractivity contribution in [2.24, 2.45) is 0 Å². The molecular weight excluding hydrogens is 248 g/mol. The Bertz CT molecular complexity index is 526. The molecule has 0 bridgehead atoms. The van der Waals surface area contributed by atoms with Gasteiger partial charge in [-0.3, -0.25) is 4.90 Å². The molecule has 0 aromatic heterocycles. The minimum absolute atomic E-state index is 0.271. The number of nitrogens with zero attached hydrogens (tertiary/aromatic N) is 1. The number of fused-ring (bicyclic) bond motifs is 1. The Morgan fingerprint density at radius 1 is 1.39 bits per heavy atom. The maximum atomic E-state index is 11.1. The number of nitrogens with two attached hydrogens (primary N) is 1. The Balaban J connectivity index is 1.92. The lowest BCUT2D eigenvalue weighted by Crippen LogP contribution is -2.32. The van der Waals surface area contributed by atoms with Crippen molar-refractivity contribution in [1.82, 2.24) is 4.90 Å². The monoisotopic (exact) mass is 268 g/mol. The molecule has 1 heterocycles. The molecule has 2 rings (SSSR count). The summed E-state index contributed by atoms with van der Waals surface area (Å²) in [5.41, 5.74) is 9.36. The molecule has 0 saturated carbocycles. The van der Waals surface area contributed by atoms with E-state index in [9.17, 15) is 8.42 Å². The molecule has 0 aliphatic carbocycles. The first-order valence-electron chi connectivity index (χ1n) is 6.22. The van der Waals surface area contributed by atoms with Gasteiger partial charge in [-0.2, -0.15) is 0 Å². The molecule has 4 nitrogen and oxygen atoms in total. The van der Waals surface area contributed by atoms with Gasteiger partial charge in [-0.15, -0.1) is 0 Å². The molecule has 0 unspecified atom stereocenters. The van der Waals surface area contributed by atoms with Crippen LogP contribution in [0.25, 0.3) is 0 Å². The van der Waals surface area contributed by atoms with Crippen LogP contribution < -0.4 is 5.73 Å². The molecule has 0 amide bonds. The summed E-state index contributed by atoms with van der Waals surface area (Å²) in [5, 5.41) is 0. The predicted octanol–water partition coefficient (Wildman–Crippen LogP) is 1.06. The summed E-state index contributed by atoms with van der Waals surface area (Å²) in [6.45, 7) is 2.68. The molecular formula is C13H20N2O2S. The average Bonchev–Trinajstić information content (AvgIpc) is 2.27. The van der Waals surface area contributed by atoms with Crippen molar-refractivity contribution < 1.29 is 8.42 Å². The summed E-state index contributed by atoms with van der Waals surface area (Å²) in [7, 11) is -2.84. The van der Waals surface area contributed by atoms with Crippen molar-refractivity contribution in [2.45, 2.75) is 19.4 Å². The summed E-state index contributed by atoms with van der Waals surface area (Å²) in [6.07, 6.45) is 2.95. The van der Waals surface area contributed by atoms with Crippen molar-refractivity contribution >= 4 is 15.5 Å². The molecule has 0 radical (unpaired) electrons. The SMILES string of the molecule is CS(=O)(=O)CCCN1CCc2c(N)cccc2C1. The molecule has 2 N–H and O–H groups in total. The van der Waals surface area contributed by atoms with Gasteiger partial charge in [0, 0.05) is 25.0 Å². The Kier molecular flexibility index (Phi) is 3.92. The minimum atomic E-state index is -2.84. The van der Waals surface area contributed by atoms with Crippen LogP contribution in [-0.4, -0.2) is 38.4 Å². The van der Waals surface area contributed by atoms with Crippen LogP contribution in [-0.2, 0) is 22.8 Å². The van der Waals surface area contributed by atoms with Gasteiger partial charge in [0.25, 0.3) is 0 Å². The lowest BCUT2D eigenvalue weighted by atomic mass is 9.98. The van der Waals surface area contributed by atoms with Gasteiger partial charge in [0.1, 0.15) is 9.84 Å². The third-order valence-electron chi connectivity index (χ3n) is 3.37. The van der Waals surface area contributed by atoms with E-state index in [4.69, 9.17) is 5.73 Å². The molecule has 18 heavy (non-hydrogen) atoms. The maximum absolute atomic E-state index is 11.1. The van der Waals surface area contributed by atoms with Crippen LogP contribution in [0.2, 0.25) is 0 Å². The fraction of sp³-hybridized carbons (Fsp3) is 0.538. The summed E-state index contributed by atoms with van der Waals surface area (Å²) >= 11 is 0. The van der Waals surface area contributed by atoms with Crippen molar-refractivity contribution in [1.29, 1.82) is 0 Å². The molecule has 0 spiro atoms. The molecule has 0 atom stereocenters. The highest BCUT2D eigenvalue weighted by atomic mass is 32.2. The third kappa shape index (κ3) is 3.46. The van der Waals surface area contributed by atoms with Gasteiger partial charge in [0.15, 0.2) is 0 Å². The van der Waals surface area contributed by atoms with Gasteiger partial charge in [0.2, 0.25) is 0 Å². The second kappa shape index (κ2) is 5.28. The fourth-order valence-electron chi connectivity index (χ4n) is 2.44. The highest BCUT2D eigenvalue weighted by Crippen LogP contribution is 2.23. The van der Waals surface area contributed by atoms with Crippen molar-refractivity contribution in [2.75, 3.05) is 30.8 Å². The quantitative estimate of drug-likeness (QED) is 0.829. The molecule has 5 heteroatoms. The van der Waals surface area contributed by atoms with Crippen LogP contribution in [0.4, 0.5) is 5.69 Å². The molecule has 1 aromatic rings. The average molecular weight is 268 g/mol. The molecule has 100 valence electrons. The fourth-order valence-corrected chi connectivity index (χ4v) is 3.09. The molecule has 0 saturated heterocycles. The number of anilines is 1. The maximum Gasteiger partial charge on any atom is 0.147 e. The first kappa shape index (κ1) is 13.4. The largest absolute Gasteiger partial charge is 0.398 e. The van der Waals surface area contributed by atoms with E-state index in [-0.39, 0.29) is 5.75 Å². The van der Waals surface area contributed by atoms with E-state index < -0.39 is 9.84 Å². The number of rotatable bonds is 4. The Labute approximate surface area is 109 Å². The smallest absolute Gasteiger partial charge is 0.147 e. The van der Waals surface area contributed by atoms with Gasteiger partial charge in [-0.1, -0.05) is 12.1 Å². The number of nitrogen functional groups attached to an aromatic ring is 1. The molecule has 1 aliphatic heterocycles. The topological polar surface area (TPSA) is 63.4 Å². The van der Waals surface area contributed by atoms with Crippen LogP contribution in [0, 0.1) is 0 Å². The number of hydrogen-bond acceptors (Lipinski definition) is 4. The zero-order chi connectivity index (χ0) is 13.2. The highest BCUT2D eigenvalue weighted by Gasteiger charge is 2.17. The Morgan fingerprint density at radius 3 is 2.89 bits per heavy atom. The first-order chi connectivity index (χ1) is 8.46. The molecule has 0 fully saturated rings. The van der Waals surface area contributed by atoms with E-state index in [1.165, 1.54) is 17.4 Å². The summed E-state index contributed by atoms with van der Waals surface area (Å²) in [4.78, 5) is 2.30. The van der Waals surface area contributed by atoms with Gasteiger partial charge < -0.3 is 5.73 Å². The second-order valence-corrected chi connectivity index (χ2v) is 7.25. The summed E-state index contributed by atoms with van der Waals surface area (Å²) in [6, 6.07) is 6.03. The summed E-state index contributed by atoms with van der Waals surface area (Å²) in [5.74, 6) is 0.271. The minimum Gasteiger partial charge on any atom is -0.398 e. The van der Waals surface area contributed by atoms with Crippen molar-refractivity contribution in [3.63, 3.8) is 0 Å². The van der Waals surface area contributed by atoms with E-state index in [1.807, 2.05) is 12.1 Å². The Hall–Kier alpha value is -1.07. The standard InChI is InChI=1S/C13H20N2O2S/c1-18(16,17)9-3-7-15-8-6-12-11(10-15)4-2-5-13(12)14/h2,4-5H,3,6-10,14H2,1H3. The Morgan fingerprint density at radius 2 is 2.17 bits per heavy atom. The normalized spacial score (nSPS) is 16.5. The lowest BCUT2D eigenvalue weighted by Gasteiger charge is -2.29. The number of hydrogen-bond donors (Lipinski definition) is 1. The zero-order valence-electron chi connectivity index (χ0n) is 10.7. The van der Waals surface area contributed by atoms with Crippen LogP contribution in [0.15, 0.2) is 18.2 Å². The van der Waals surface area contributed by atoms with Crippen LogP contribution in [0.1, 0.15) is 17.5 Å². The predicted molar refractivity (Wildman–Crippen MR) is 74.2 cm³/mol. The van der Waals surface area contributed by atoms with Crippen LogP contribution in [0.3, 0.4) is 0 Å². The summed E-state index contributed by atoms with van der Waals surface area (Å²) < 4.78 is 22.2. The number of sulfone groups is 1. The molecule has 1 aromatic carbocycles.